The lowest BCUT2D eigenvalue weighted by atomic mass is 10.0. The maximum Gasteiger partial charge on any atom is 0.417 e. The number of aliphatic hydroxyl groups excluding tert-OH is 1. The van der Waals surface area contributed by atoms with E-state index in [0.29, 0.717) is 29.6 Å². The summed E-state index contributed by atoms with van der Waals surface area (Å²) >= 11 is 0. The zero-order chi connectivity index (χ0) is 21.9. The molecule has 5 nitrogen and oxygen atoms in total. The fourth-order valence-corrected chi connectivity index (χ4v) is 3.64. The highest BCUT2D eigenvalue weighted by Crippen LogP contribution is 2.38. The number of benzene rings is 1. The minimum atomic E-state index is -4.57. The third-order valence-electron chi connectivity index (χ3n) is 5.45. The van der Waals surface area contributed by atoms with E-state index in [1.165, 1.54) is 0 Å². The Bertz CT molecular complexity index is 890. The van der Waals surface area contributed by atoms with Crippen LogP contribution in [0.4, 0.5) is 24.7 Å². The van der Waals surface area contributed by atoms with Crippen LogP contribution < -0.4 is 10.6 Å². The van der Waals surface area contributed by atoms with Gasteiger partial charge in [-0.2, -0.15) is 13.2 Å². The van der Waals surface area contributed by atoms with Gasteiger partial charge in [-0.3, -0.25) is 0 Å². The third-order valence-corrected chi connectivity index (χ3v) is 5.45. The van der Waals surface area contributed by atoms with Crippen molar-refractivity contribution in [2.24, 2.45) is 0 Å². The second-order valence-corrected chi connectivity index (χ2v) is 8.02. The molecule has 0 spiro atoms. The lowest BCUT2D eigenvalue weighted by Crippen LogP contribution is -2.36. The van der Waals surface area contributed by atoms with Gasteiger partial charge in [0.15, 0.2) is 0 Å². The van der Waals surface area contributed by atoms with Crippen molar-refractivity contribution in [3.63, 3.8) is 0 Å². The zero-order valence-corrected chi connectivity index (χ0v) is 17.4. The molecule has 0 saturated carbocycles. The van der Waals surface area contributed by atoms with Gasteiger partial charge in [0.2, 0.25) is 0 Å². The summed E-state index contributed by atoms with van der Waals surface area (Å²) in [5.74, 6) is 0.334. The van der Waals surface area contributed by atoms with E-state index < -0.39 is 17.9 Å². The Morgan fingerprint density at radius 3 is 2.63 bits per heavy atom. The molecule has 1 atom stereocenters. The zero-order valence-electron chi connectivity index (χ0n) is 17.4. The van der Waals surface area contributed by atoms with Crippen LogP contribution in [0.25, 0.3) is 16.3 Å². The van der Waals surface area contributed by atoms with E-state index in [2.05, 4.69) is 34.1 Å². The molecule has 1 aliphatic heterocycles. The van der Waals surface area contributed by atoms with Crippen LogP contribution in [0.3, 0.4) is 0 Å². The Labute approximate surface area is 175 Å². The number of alkyl halides is 3. The van der Waals surface area contributed by atoms with Crippen molar-refractivity contribution < 1.29 is 18.3 Å². The van der Waals surface area contributed by atoms with E-state index in [4.69, 9.17) is 0 Å². The molecule has 1 aromatic carbocycles. The molecule has 0 unspecified atom stereocenters. The molecule has 0 bridgehead atoms. The van der Waals surface area contributed by atoms with Crippen LogP contribution in [-0.2, 0) is 0 Å². The number of halogens is 3. The average Bonchev–Trinajstić information content (AvgIpc) is 2.68. The molecule has 3 N–H and O–H groups in total. The first-order chi connectivity index (χ1) is 14.1. The van der Waals surface area contributed by atoms with Crippen molar-refractivity contribution in [2.45, 2.75) is 44.5 Å². The van der Waals surface area contributed by atoms with Crippen LogP contribution in [0.15, 0.2) is 30.8 Å². The third kappa shape index (κ3) is 5.43. The van der Waals surface area contributed by atoms with E-state index in [0.717, 1.165) is 31.6 Å². The normalized spacial score (nSPS) is 17.1. The number of piperidine rings is 1. The molecule has 2 heterocycles. The van der Waals surface area contributed by atoms with Gasteiger partial charge >= 0.3 is 6.18 Å². The number of rotatable bonds is 7. The van der Waals surface area contributed by atoms with Gasteiger partial charge in [-0.05, 0) is 58.5 Å². The minimum Gasteiger partial charge on any atom is -0.393 e. The van der Waals surface area contributed by atoms with Crippen molar-refractivity contribution in [1.29, 1.82) is 0 Å². The highest BCUT2D eigenvalue weighted by Gasteiger charge is 2.35. The fraction of sp³-hybridized carbons (Fsp3) is 0.500. The average molecular weight is 422 g/mol. The van der Waals surface area contributed by atoms with Crippen LogP contribution in [0.2, 0.25) is 0 Å². The summed E-state index contributed by atoms with van der Waals surface area (Å²) < 4.78 is 40.3. The van der Waals surface area contributed by atoms with E-state index in [1.807, 2.05) is 6.07 Å². The Balaban J connectivity index is 1.99. The molecule has 2 aromatic rings. The standard InChI is InChI=1S/C22H29F3N4O/c1-14(30)7-10-26-20-13-18-17(21(28-20)15(2)22(23,24)25)5-4-6-19(18)27-16-8-11-29(3)12-9-16/h4-6,13-14,16,27,30H,2,7-12H2,1,3H3,(H,26,28)/t14-/m0/s1. The Morgan fingerprint density at radius 2 is 2.00 bits per heavy atom. The number of allylic oxidation sites excluding steroid dienone is 1. The lowest BCUT2D eigenvalue weighted by molar-refractivity contribution is -0.0688. The fourth-order valence-electron chi connectivity index (χ4n) is 3.64. The number of likely N-dealkylation sites (tertiary alicyclic amines) is 1. The minimum absolute atomic E-state index is 0.174. The molecule has 0 aliphatic carbocycles. The first-order valence-electron chi connectivity index (χ1n) is 10.2. The molecule has 3 rings (SSSR count). The van der Waals surface area contributed by atoms with E-state index in [9.17, 15) is 18.3 Å². The monoisotopic (exact) mass is 422 g/mol. The maximum absolute atomic E-state index is 13.4. The summed E-state index contributed by atoms with van der Waals surface area (Å²) in [7, 11) is 2.08. The van der Waals surface area contributed by atoms with Crippen LogP contribution in [0.1, 0.15) is 31.9 Å². The summed E-state index contributed by atoms with van der Waals surface area (Å²) in [4.78, 5) is 6.48. The van der Waals surface area contributed by atoms with E-state index >= 15 is 0 Å². The van der Waals surface area contributed by atoms with Crippen molar-refractivity contribution in [2.75, 3.05) is 37.3 Å². The first kappa shape index (κ1) is 22.4. The number of aromatic nitrogens is 1. The topological polar surface area (TPSA) is 60.4 Å². The van der Waals surface area contributed by atoms with Crippen molar-refractivity contribution in [1.82, 2.24) is 9.88 Å². The number of pyridine rings is 1. The van der Waals surface area contributed by atoms with Gasteiger partial charge in [-0.25, -0.2) is 4.98 Å². The molecule has 8 heteroatoms. The van der Waals surface area contributed by atoms with Gasteiger partial charge in [0.1, 0.15) is 5.82 Å². The molecule has 30 heavy (non-hydrogen) atoms. The number of hydrogen-bond acceptors (Lipinski definition) is 5. The van der Waals surface area contributed by atoms with Crippen LogP contribution in [-0.4, -0.2) is 60.0 Å². The molecular formula is C22H29F3N4O. The lowest BCUT2D eigenvalue weighted by Gasteiger charge is -2.30. The molecule has 0 radical (unpaired) electrons. The number of nitrogens with zero attached hydrogens (tertiary/aromatic N) is 2. The Hall–Kier alpha value is -2.32. The van der Waals surface area contributed by atoms with Gasteiger partial charge in [0.05, 0.1) is 17.4 Å². The molecule has 1 aliphatic rings. The van der Waals surface area contributed by atoms with Gasteiger partial charge < -0.3 is 20.6 Å². The van der Waals surface area contributed by atoms with Crippen LogP contribution in [0.5, 0.6) is 0 Å². The first-order valence-corrected chi connectivity index (χ1v) is 10.2. The molecule has 0 amide bonds. The molecule has 1 aromatic heterocycles. The van der Waals surface area contributed by atoms with E-state index in [-0.39, 0.29) is 11.7 Å². The Kier molecular flexibility index (Phi) is 6.88. The van der Waals surface area contributed by atoms with Gasteiger partial charge in [-0.15, -0.1) is 0 Å². The number of hydrogen-bond donors (Lipinski definition) is 3. The highest BCUT2D eigenvalue weighted by molar-refractivity contribution is 6.01. The largest absolute Gasteiger partial charge is 0.417 e. The Morgan fingerprint density at radius 1 is 1.30 bits per heavy atom. The number of aliphatic hydroxyl groups is 1. The maximum atomic E-state index is 13.4. The second-order valence-electron chi connectivity index (χ2n) is 8.02. The van der Waals surface area contributed by atoms with Crippen LogP contribution >= 0.6 is 0 Å². The number of anilines is 2. The van der Waals surface area contributed by atoms with Crippen molar-refractivity contribution in [3.05, 3.63) is 36.5 Å². The SMILES string of the molecule is C=C(c1nc(NCC[C@H](C)O)cc2c(NC3CCN(C)CC3)cccc12)C(F)(F)F. The van der Waals surface area contributed by atoms with Crippen molar-refractivity contribution >= 4 is 27.9 Å². The molecule has 1 saturated heterocycles. The van der Waals surface area contributed by atoms with Crippen LogP contribution in [0, 0.1) is 0 Å². The smallest absolute Gasteiger partial charge is 0.393 e. The predicted molar refractivity (Wildman–Crippen MR) is 116 cm³/mol. The van der Waals surface area contributed by atoms with Gasteiger partial charge in [-0.1, -0.05) is 18.7 Å². The summed E-state index contributed by atoms with van der Waals surface area (Å²) in [5.41, 5.74) is -0.353. The number of fused-ring (bicyclic) bond motifs is 1. The summed E-state index contributed by atoms with van der Waals surface area (Å²) in [6.07, 6.45) is -2.68. The van der Waals surface area contributed by atoms with Crippen molar-refractivity contribution in [3.8, 4) is 0 Å². The highest BCUT2D eigenvalue weighted by atomic mass is 19.4. The quantitative estimate of drug-likeness (QED) is 0.613. The second kappa shape index (κ2) is 9.22. The molecular weight excluding hydrogens is 393 g/mol. The summed E-state index contributed by atoms with van der Waals surface area (Å²) in [6.45, 7) is 7.29. The summed E-state index contributed by atoms with van der Waals surface area (Å²) in [6, 6.07) is 7.31. The molecule has 1 fully saturated rings. The summed E-state index contributed by atoms with van der Waals surface area (Å²) in [5, 5.41) is 17.1. The van der Waals surface area contributed by atoms with Gasteiger partial charge in [0.25, 0.3) is 0 Å². The predicted octanol–water partition coefficient (Wildman–Crippen LogP) is 4.50. The number of nitrogens with one attached hydrogen (secondary N) is 2. The van der Waals surface area contributed by atoms with E-state index in [1.54, 1.807) is 25.1 Å². The van der Waals surface area contributed by atoms with Gasteiger partial charge in [0, 0.05) is 29.0 Å². The molecule has 164 valence electrons.